The van der Waals surface area contributed by atoms with E-state index in [1.54, 1.807) is 0 Å². The molecule has 20 heavy (non-hydrogen) atoms. The Labute approximate surface area is 119 Å². The smallest absolute Gasteiger partial charge is 0.0456 e. The number of fused-ring (bicyclic) bond motifs is 1. The van der Waals surface area contributed by atoms with Gasteiger partial charge in [-0.05, 0) is 42.6 Å². The Hall–Kier alpha value is -2.06. The molecule has 0 aliphatic heterocycles. The number of hydrogen-bond acceptors (Lipinski definition) is 1. The van der Waals surface area contributed by atoms with E-state index >= 15 is 0 Å². The summed E-state index contributed by atoms with van der Waals surface area (Å²) < 4.78 is 0. The molecule has 2 heteroatoms. The predicted octanol–water partition coefficient (Wildman–Crippen LogP) is 3.76. The second-order valence-corrected chi connectivity index (χ2v) is 5.35. The highest BCUT2D eigenvalue weighted by Crippen LogP contribution is 2.27. The van der Waals surface area contributed by atoms with Crippen LogP contribution < -0.4 is 5.73 Å². The van der Waals surface area contributed by atoms with Crippen LogP contribution in [0.1, 0.15) is 22.6 Å². The second kappa shape index (κ2) is 5.51. The van der Waals surface area contributed by atoms with Crippen LogP contribution in [0.4, 0.5) is 0 Å². The van der Waals surface area contributed by atoms with Gasteiger partial charge in [0.05, 0.1) is 0 Å². The number of H-pyrrole nitrogens is 1. The van der Waals surface area contributed by atoms with Crippen molar-refractivity contribution < 1.29 is 0 Å². The molecular weight excluding hydrogens is 244 g/mol. The largest absolute Gasteiger partial charge is 0.361 e. The van der Waals surface area contributed by atoms with Gasteiger partial charge in [0.25, 0.3) is 0 Å². The van der Waals surface area contributed by atoms with Crippen molar-refractivity contribution in [1.29, 1.82) is 0 Å². The van der Waals surface area contributed by atoms with Crippen molar-refractivity contribution in [2.75, 3.05) is 6.54 Å². The molecule has 2 aromatic carbocycles. The van der Waals surface area contributed by atoms with Gasteiger partial charge in [0.15, 0.2) is 0 Å². The number of aryl methyl sites for hydroxylation is 1. The maximum absolute atomic E-state index is 6.02. The van der Waals surface area contributed by atoms with E-state index in [1.165, 1.54) is 27.6 Å². The van der Waals surface area contributed by atoms with Crippen LogP contribution in [0.3, 0.4) is 0 Å². The van der Waals surface area contributed by atoms with Gasteiger partial charge >= 0.3 is 0 Å². The summed E-state index contributed by atoms with van der Waals surface area (Å²) in [5, 5.41) is 1.31. The number of nitrogens with two attached hydrogens (primary N) is 1. The summed E-state index contributed by atoms with van der Waals surface area (Å²) in [6.07, 6.45) is 3.09. The van der Waals surface area contributed by atoms with Gasteiger partial charge in [-0.3, -0.25) is 0 Å². The normalized spacial score (nSPS) is 12.7. The highest BCUT2D eigenvalue weighted by Gasteiger charge is 2.14. The Morgan fingerprint density at radius 2 is 1.80 bits per heavy atom. The Balaban J connectivity index is 1.94. The first-order chi connectivity index (χ1) is 9.79. The number of rotatable bonds is 4. The fraction of sp³-hybridized carbons (Fsp3) is 0.222. The summed E-state index contributed by atoms with van der Waals surface area (Å²) >= 11 is 0. The van der Waals surface area contributed by atoms with Crippen LogP contribution in [0.25, 0.3) is 10.9 Å². The maximum atomic E-state index is 6.02. The lowest BCUT2D eigenvalue weighted by Crippen LogP contribution is -2.16. The zero-order valence-electron chi connectivity index (χ0n) is 11.8. The lowest BCUT2D eigenvalue weighted by molar-refractivity contribution is 0.692. The van der Waals surface area contributed by atoms with Gasteiger partial charge in [0, 0.05) is 23.0 Å². The molecule has 0 saturated carbocycles. The maximum Gasteiger partial charge on any atom is 0.0456 e. The molecule has 0 aliphatic carbocycles. The van der Waals surface area contributed by atoms with E-state index in [2.05, 4.69) is 66.6 Å². The van der Waals surface area contributed by atoms with E-state index in [0.29, 0.717) is 12.5 Å². The number of benzene rings is 2. The fourth-order valence-corrected chi connectivity index (χ4v) is 2.93. The van der Waals surface area contributed by atoms with Crippen molar-refractivity contribution in [2.45, 2.75) is 19.3 Å². The topological polar surface area (TPSA) is 41.8 Å². The number of hydrogen-bond donors (Lipinski definition) is 2. The van der Waals surface area contributed by atoms with E-state index in [4.69, 9.17) is 5.73 Å². The molecule has 102 valence electrons. The lowest BCUT2D eigenvalue weighted by atomic mass is 9.89. The number of aromatic amines is 1. The Morgan fingerprint density at radius 3 is 2.60 bits per heavy atom. The first kappa shape index (κ1) is 12.9. The van der Waals surface area contributed by atoms with Crippen molar-refractivity contribution >= 4 is 10.9 Å². The molecule has 1 heterocycles. The summed E-state index contributed by atoms with van der Waals surface area (Å²) in [6.45, 7) is 2.83. The number of nitrogens with one attached hydrogen (secondary N) is 1. The molecule has 3 aromatic rings. The van der Waals surface area contributed by atoms with Crippen molar-refractivity contribution in [3.63, 3.8) is 0 Å². The average Bonchev–Trinajstić information content (AvgIpc) is 2.89. The summed E-state index contributed by atoms with van der Waals surface area (Å²) in [5.41, 5.74) is 11.3. The highest BCUT2D eigenvalue weighted by molar-refractivity contribution is 5.83. The fourth-order valence-electron chi connectivity index (χ4n) is 2.93. The van der Waals surface area contributed by atoms with Crippen molar-refractivity contribution in [1.82, 2.24) is 4.98 Å². The van der Waals surface area contributed by atoms with Crippen molar-refractivity contribution in [3.05, 3.63) is 71.4 Å². The molecule has 0 saturated heterocycles. The van der Waals surface area contributed by atoms with Crippen LogP contribution in [0.5, 0.6) is 0 Å². The Bertz CT molecular complexity index is 712. The van der Waals surface area contributed by atoms with Crippen LogP contribution in [0, 0.1) is 6.92 Å². The second-order valence-electron chi connectivity index (χ2n) is 5.35. The van der Waals surface area contributed by atoms with Gasteiger partial charge in [0.2, 0.25) is 0 Å². The number of aromatic nitrogens is 1. The van der Waals surface area contributed by atoms with Gasteiger partial charge < -0.3 is 10.7 Å². The molecule has 0 radical (unpaired) electrons. The first-order valence-electron chi connectivity index (χ1n) is 7.10. The zero-order valence-corrected chi connectivity index (χ0v) is 11.8. The minimum Gasteiger partial charge on any atom is -0.361 e. The van der Waals surface area contributed by atoms with Gasteiger partial charge in [0.1, 0.15) is 0 Å². The van der Waals surface area contributed by atoms with Crippen molar-refractivity contribution in [3.8, 4) is 0 Å². The molecule has 1 atom stereocenters. The van der Waals surface area contributed by atoms with E-state index in [-0.39, 0.29) is 0 Å². The molecule has 0 aliphatic rings. The molecule has 0 amide bonds. The van der Waals surface area contributed by atoms with Crippen LogP contribution in [0.2, 0.25) is 0 Å². The molecule has 0 fully saturated rings. The van der Waals surface area contributed by atoms with Gasteiger partial charge in [-0.1, -0.05) is 42.5 Å². The quantitative estimate of drug-likeness (QED) is 0.740. The average molecular weight is 264 g/mol. The van der Waals surface area contributed by atoms with Crippen LogP contribution >= 0.6 is 0 Å². The molecule has 3 N–H and O–H groups in total. The van der Waals surface area contributed by atoms with Gasteiger partial charge in [-0.2, -0.15) is 0 Å². The highest BCUT2D eigenvalue weighted by atomic mass is 14.7. The standard InChI is InChI=1S/C18H20N2/c1-13-6-2-3-7-16(13)14(11-19)10-15-12-20-18-9-5-4-8-17(15)18/h2-9,12,14,20H,10-11,19H2,1H3. The van der Waals surface area contributed by atoms with Crippen LogP contribution in [0.15, 0.2) is 54.7 Å². The van der Waals surface area contributed by atoms with Crippen LogP contribution in [-0.4, -0.2) is 11.5 Å². The van der Waals surface area contributed by atoms with Gasteiger partial charge in [-0.25, -0.2) is 0 Å². The number of para-hydroxylation sites is 1. The van der Waals surface area contributed by atoms with E-state index in [9.17, 15) is 0 Å². The summed E-state index contributed by atoms with van der Waals surface area (Å²) in [5.74, 6) is 0.371. The summed E-state index contributed by atoms with van der Waals surface area (Å²) in [7, 11) is 0. The monoisotopic (exact) mass is 264 g/mol. The molecule has 1 unspecified atom stereocenters. The van der Waals surface area contributed by atoms with E-state index in [1.807, 2.05) is 0 Å². The third-order valence-corrected chi connectivity index (χ3v) is 4.05. The Kier molecular flexibility index (Phi) is 3.57. The molecule has 0 spiro atoms. The molecule has 0 bridgehead atoms. The lowest BCUT2D eigenvalue weighted by Gasteiger charge is -2.17. The minimum atomic E-state index is 0.371. The van der Waals surface area contributed by atoms with E-state index in [0.717, 1.165) is 6.42 Å². The Morgan fingerprint density at radius 1 is 1.05 bits per heavy atom. The summed E-state index contributed by atoms with van der Waals surface area (Å²) in [4.78, 5) is 3.34. The third-order valence-electron chi connectivity index (χ3n) is 4.05. The molecule has 1 aromatic heterocycles. The third kappa shape index (κ3) is 2.35. The zero-order chi connectivity index (χ0) is 13.9. The molecule has 2 nitrogen and oxygen atoms in total. The summed E-state index contributed by atoms with van der Waals surface area (Å²) in [6, 6.07) is 17.0. The van der Waals surface area contributed by atoms with E-state index < -0.39 is 0 Å². The van der Waals surface area contributed by atoms with Gasteiger partial charge in [-0.15, -0.1) is 0 Å². The molecule has 3 rings (SSSR count). The first-order valence-corrected chi connectivity index (χ1v) is 7.10. The SMILES string of the molecule is Cc1ccccc1C(CN)Cc1c[nH]c2ccccc12. The van der Waals surface area contributed by atoms with Crippen molar-refractivity contribution in [2.24, 2.45) is 5.73 Å². The molecular formula is C18H20N2. The predicted molar refractivity (Wildman–Crippen MR) is 85.0 cm³/mol. The minimum absolute atomic E-state index is 0.371. The van der Waals surface area contributed by atoms with Crippen LogP contribution in [-0.2, 0) is 6.42 Å².